The summed E-state index contributed by atoms with van der Waals surface area (Å²) in [6, 6.07) is 7.96. The third-order valence-corrected chi connectivity index (χ3v) is 4.16. The van der Waals surface area contributed by atoms with Gasteiger partial charge in [-0.1, -0.05) is 15.9 Å². The zero-order valence-electron chi connectivity index (χ0n) is 10.2. The van der Waals surface area contributed by atoms with Gasteiger partial charge in [-0.3, -0.25) is 4.90 Å². The molecule has 4 nitrogen and oxygen atoms in total. The zero-order chi connectivity index (χ0) is 12.8. The van der Waals surface area contributed by atoms with Gasteiger partial charge < -0.3 is 9.64 Å². The van der Waals surface area contributed by atoms with Gasteiger partial charge in [0.15, 0.2) is 0 Å². The molecule has 18 heavy (non-hydrogen) atoms. The van der Waals surface area contributed by atoms with Crippen LogP contribution in [0, 0.1) is 0 Å². The smallest absolute Gasteiger partial charge is 0.325 e. The number of carbonyl (C=O) groups excluding carboxylic acids is 1. The number of urea groups is 1. The van der Waals surface area contributed by atoms with E-state index in [0.717, 1.165) is 23.2 Å². The first-order valence-electron chi connectivity index (χ1n) is 6.09. The number of hydrogen-bond donors (Lipinski definition) is 0. The number of ether oxygens (including phenoxy) is 1. The van der Waals surface area contributed by atoms with Crippen LogP contribution in [0.4, 0.5) is 10.5 Å². The molecular formula is C13H15BrN2O2. The molecule has 2 fully saturated rings. The number of benzene rings is 1. The van der Waals surface area contributed by atoms with E-state index in [1.807, 2.05) is 41.0 Å². The SMILES string of the molecule is CCN1CC2(COC2)N(c2ccc(Br)cc2)C1=O. The molecule has 1 aromatic carbocycles. The molecule has 2 amide bonds. The summed E-state index contributed by atoms with van der Waals surface area (Å²) in [7, 11) is 0. The molecule has 5 heteroatoms. The highest BCUT2D eigenvalue weighted by molar-refractivity contribution is 9.10. The predicted molar refractivity (Wildman–Crippen MR) is 72.8 cm³/mol. The summed E-state index contributed by atoms with van der Waals surface area (Å²) in [5, 5.41) is 0. The van der Waals surface area contributed by atoms with Crippen molar-refractivity contribution in [3.05, 3.63) is 28.7 Å². The van der Waals surface area contributed by atoms with Crippen molar-refractivity contribution >= 4 is 27.6 Å². The minimum absolute atomic E-state index is 0.0862. The van der Waals surface area contributed by atoms with Crippen molar-refractivity contribution in [2.24, 2.45) is 0 Å². The molecular weight excluding hydrogens is 296 g/mol. The van der Waals surface area contributed by atoms with E-state index in [2.05, 4.69) is 15.9 Å². The van der Waals surface area contributed by atoms with Crippen LogP contribution >= 0.6 is 15.9 Å². The van der Waals surface area contributed by atoms with Crippen LogP contribution in [-0.2, 0) is 4.74 Å². The maximum absolute atomic E-state index is 12.4. The first kappa shape index (κ1) is 12.0. The monoisotopic (exact) mass is 310 g/mol. The van der Waals surface area contributed by atoms with Gasteiger partial charge in [0.2, 0.25) is 0 Å². The molecule has 1 aromatic rings. The van der Waals surface area contributed by atoms with E-state index >= 15 is 0 Å². The van der Waals surface area contributed by atoms with Crippen LogP contribution in [0.5, 0.6) is 0 Å². The molecule has 96 valence electrons. The van der Waals surface area contributed by atoms with Gasteiger partial charge in [0.25, 0.3) is 0 Å². The van der Waals surface area contributed by atoms with Gasteiger partial charge >= 0.3 is 6.03 Å². The number of hydrogen-bond acceptors (Lipinski definition) is 2. The molecule has 2 saturated heterocycles. The van der Waals surface area contributed by atoms with Crippen molar-refractivity contribution < 1.29 is 9.53 Å². The first-order chi connectivity index (χ1) is 8.66. The molecule has 1 spiro atoms. The van der Waals surface area contributed by atoms with Crippen LogP contribution in [0.2, 0.25) is 0 Å². The molecule has 2 heterocycles. The predicted octanol–water partition coefficient (Wildman–Crippen LogP) is 2.48. The van der Waals surface area contributed by atoms with E-state index in [4.69, 9.17) is 4.74 Å². The highest BCUT2D eigenvalue weighted by Gasteiger charge is 2.54. The lowest BCUT2D eigenvalue weighted by Gasteiger charge is -2.43. The van der Waals surface area contributed by atoms with Crippen LogP contribution < -0.4 is 4.90 Å². The third kappa shape index (κ3) is 1.65. The molecule has 3 rings (SSSR count). The number of likely N-dealkylation sites (N-methyl/N-ethyl adjacent to an activating group) is 1. The van der Waals surface area contributed by atoms with E-state index in [1.165, 1.54) is 0 Å². The quantitative estimate of drug-likeness (QED) is 0.840. The third-order valence-electron chi connectivity index (χ3n) is 3.63. The molecule has 0 unspecified atom stereocenters. The molecule has 2 aliphatic rings. The average Bonchev–Trinajstić information content (AvgIpc) is 2.64. The Bertz CT molecular complexity index is 470. The lowest BCUT2D eigenvalue weighted by molar-refractivity contribution is -0.0486. The van der Waals surface area contributed by atoms with Crippen molar-refractivity contribution in [3.63, 3.8) is 0 Å². The number of carbonyl (C=O) groups is 1. The number of nitrogens with zero attached hydrogens (tertiary/aromatic N) is 2. The van der Waals surface area contributed by atoms with Crippen molar-refractivity contribution in [1.29, 1.82) is 0 Å². The Balaban J connectivity index is 1.97. The summed E-state index contributed by atoms with van der Waals surface area (Å²) in [6.07, 6.45) is 0. The second kappa shape index (κ2) is 4.24. The zero-order valence-corrected chi connectivity index (χ0v) is 11.8. The lowest BCUT2D eigenvalue weighted by atomic mass is 9.96. The number of halogens is 1. The fraction of sp³-hybridized carbons (Fsp3) is 0.462. The fourth-order valence-electron chi connectivity index (χ4n) is 2.62. The Morgan fingerprint density at radius 3 is 2.50 bits per heavy atom. The minimum Gasteiger partial charge on any atom is -0.376 e. The first-order valence-corrected chi connectivity index (χ1v) is 6.88. The molecule has 2 aliphatic heterocycles. The Kier molecular flexibility index (Phi) is 2.83. The van der Waals surface area contributed by atoms with Gasteiger partial charge in [-0.2, -0.15) is 0 Å². The van der Waals surface area contributed by atoms with Crippen LogP contribution in [0.15, 0.2) is 28.7 Å². The molecule has 0 radical (unpaired) electrons. The molecule has 0 aliphatic carbocycles. The highest BCUT2D eigenvalue weighted by atomic mass is 79.9. The summed E-state index contributed by atoms with van der Waals surface area (Å²) < 4.78 is 6.36. The Labute approximate surface area is 115 Å². The van der Waals surface area contributed by atoms with Crippen molar-refractivity contribution in [2.75, 3.05) is 31.2 Å². The Morgan fingerprint density at radius 2 is 2.00 bits per heavy atom. The number of amides is 2. The maximum Gasteiger partial charge on any atom is 0.325 e. The number of rotatable bonds is 2. The molecule has 0 N–H and O–H groups in total. The summed E-state index contributed by atoms with van der Waals surface area (Å²) >= 11 is 3.42. The summed E-state index contributed by atoms with van der Waals surface area (Å²) in [5.74, 6) is 0. The van der Waals surface area contributed by atoms with E-state index in [9.17, 15) is 4.79 Å². The van der Waals surface area contributed by atoms with Gasteiger partial charge in [-0.05, 0) is 31.2 Å². The second-order valence-electron chi connectivity index (χ2n) is 4.83. The number of anilines is 1. The summed E-state index contributed by atoms with van der Waals surface area (Å²) in [6.45, 7) is 4.78. The Morgan fingerprint density at radius 1 is 1.33 bits per heavy atom. The van der Waals surface area contributed by atoms with Crippen LogP contribution in [0.1, 0.15) is 6.92 Å². The molecule has 0 saturated carbocycles. The van der Waals surface area contributed by atoms with Gasteiger partial charge in [0.1, 0.15) is 5.54 Å². The maximum atomic E-state index is 12.4. The standard InChI is InChI=1S/C13H15BrN2O2/c1-2-15-7-13(8-18-9-13)16(12(15)17)11-5-3-10(14)4-6-11/h3-6H,2,7-9H2,1H3. The average molecular weight is 311 g/mol. The molecule has 0 bridgehead atoms. The van der Waals surface area contributed by atoms with Crippen molar-refractivity contribution in [1.82, 2.24) is 4.90 Å². The van der Waals surface area contributed by atoms with Crippen LogP contribution in [0.25, 0.3) is 0 Å². The fourth-order valence-corrected chi connectivity index (χ4v) is 2.88. The summed E-state index contributed by atoms with van der Waals surface area (Å²) in [4.78, 5) is 16.2. The van der Waals surface area contributed by atoms with Crippen molar-refractivity contribution in [2.45, 2.75) is 12.5 Å². The van der Waals surface area contributed by atoms with Gasteiger partial charge in [-0.25, -0.2) is 4.79 Å². The molecule has 0 aromatic heterocycles. The topological polar surface area (TPSA) is 32.8 Å². The van der Waals surface area contributed by atoms with E-state index in [0.29, 0.717) is 13.2 Å². The van der Waals surface area contributed by atoms with Crippen LogP contribution in [-0.4, -0.2) is 42.8 Å². The van der Waals surface area contributed by atoms with E-state index in [-0.39, 0.29) is 11.6 Å². The normalized spacial score (nSPS) is 21.6. The second-order valence-corrected chi connectivity index (χ2v) is 5.74. The van der Waals surface area contributed by atoms with E-state index in [1.54, 1.807) is 0 Å². The summed E-state index contributed by atoms with van der Waals surface area (Å²) in [5.41, 5.74) is 0.795. The van der Waals surface area contributed by atoms with Gasteiger partial charge in [0.05, 0.1) is 19.8 Å². The largest absolute Gasteiger partial charge is 0.376 e. The Hall–Kier alpha value is -1.07. The van der Waals surface area contributed by atoms with Gasteiger partial charge in [-0.15, -0.1) is 0 Å². The lowest BCUT2D eigenvalue weighted by Crippen LogP contribution is -2.61. The van der Waals surface area contributed by atoms with E-state index < -0.39 is 0 Å². The highest BCUT2D eigenvalue weighted by Crippen LogP contribution is 2.37. The van der Waals surface area contributed by atoms with Crippen LogP contribution in [0.3, 0.4) is 0 Å². The van der Waals surface area contributed by atoms with Gasteiger partial charge in [0, 0.05) is 16.7 Å². The molecule has 0 atom stereocenters. The minimum atomic E-state index is -0.152. The van der Waals surface area contributed by atoms with Crippen molar-refractivity contribution in [3.8, 4) is 0 Å².